The highest BCUT2D eigenvalue weighted by Crippen LogP contribution is 2.42. The third kappa shape index (κ3) is 3.00. The molecule has 0 bridgehead atoms. The summed E-state index contributed by atoms with van der Waals surface area (Å²) >= 11 is 5.28. The van der Waals surface area contributed by atoms with Crippen LogP contribution in [0, 0.1) is 6.92 Å². The maximum Gasteiger partial charge on any atom is 0.366 e. The summed E-state index contributed by atoms with van der Waals surface area (Å²) in [5, 5.41) is 0.796. The highest BCUT2D eigenvalue weighted by molar-refractivity contribution is 6.21. The van der Waals surface area contributed by atoms with E-state index >= 15 is 0 Å². The lowest BCUT2D eigenvalue weighted by Crippen LogP contribution is -2.19. The summed E-state index contributed by atoms with van der Waals surface area (Å²) in [6, 6.07) is 0.234. The molecular formula is C15H23ClF2N2. The standard InChI is InChI=1S/C15H23ClF2N2/c1-10-12(14(2,3)4)13(15(16,17)18)19-20(10)11-8-6-5-7-9-11/h11H,5-9H2,1-4H3. The van der Waals surface area contributed by atoms with E-state index in [1.54, 1.807) is 4.68 Å². The number of rotatable bonds is 2. The fourth-order valence-corrected chi connectivity index (χ4v) is 3.43. The second kappa shape index (κ2) is 5.28. The smallest absolute Gasteiger partial charge is 0.266 e. The fraction of sp³-hybridized carbons (Fsp3) is 0.800. The summed E-state index contributed by atoms with van der Waals surface area (Å²) in [6.45, 7) is 7.66. The van der Waals surface area contributed by atoms with Crippen LogP contribution in [0.1, 0.15) is 75.9 Å². The topological polar surface area (TPSA) is 17.8 Å². The van der Waals surface area contributed by atoms with Crippen LogP contribution in [-0.2, 0) is 10.8 Å². The third-order valence-corrected chi connectivity index (χ3v) is 4.27. The SMILES string of the molecule is Cc1c(C(C)(C)C)c(C(F)(F)Cl)nn1C1CCCCC1. The van der Waals surface area contributed by atoms with Crippen LogP contribution in [0.3, 0.4) is 0 Å². The van der Waals surface area contributed by atoms with Crippen molar-refractivity contribution in [2.24, 2.45) is 0 Å². The maximum absolute atomic E-state index is 13.7. The van der Waals surface area contributed by atoms with Gasteiger partial charge in [0, 0.05) is 11.3 Å². The first-order valence-electron chi connectivity index (χ1n) is 7.29. The summed E-state index contributed by atoms with van der Waals surface area (Å²) in [5.74, 6) is 0. The average molecular weight is 305 g/mol. The molecule has 1 aliphatic carbocycles. The largest absolute Gasteiger partial charge is 0.366 e. The lowest BCUT2D eigenvalue weighted by Gasteiger charge is -2.25. The first-order valence-corrected chi connectivity index (χ1v) is 7.67. The van der Waals surface area contributed by atoms with Crippen LogP contribution in [0.2, 0.25) is 0 Å². The Morgan fingerprint density at radius 2 is 1.70 bits per heavy atom. The molecule has 0 aliphatic heterocycles. The van der Waals surface area contributed by atoms with E-state index in [0.717, 1.165) is 31.4 Å². The molecule has 0 spiro atoms. The lowest BCUT2D eigenvalue weighted by molar-refractivity contribution is 0.0864. The molecule has 0 radical (unpaired) electrons. The van der Waals surface area contributed by atoms with E-state index in [4.69, 9.17) is 11.6 Å². The van der Waals surface area contributed by atoms with Crippen LogP contribution in [0.5, 0.6) is 0 Å². The molecule has 1 aromatic rings. The highest BCUT2D eigenvalue weighted by Gasteiger charge is 2.40. The molecule has 1 fully saturated rings. The quantitative estimate of drug-likeness (QED) is 0.679. The van der Waals surface area contributed by atoms with Gasteiger partial charge >= 0.3 is 5.38 Å². The summed E-state index contributed by atoms with van der Waals surface area (Å²) in [5.41, 5.74) is 0.752. The van der Waals surface area contributed by atoms with Gasteiger partial charge in [0.25, 0.3) is 0 Å². The number of alkyl halides is 3. The average Bonchev–Trinajstić information content (AvgIpc) is 2.67. The summed E-state index contributed by atoms with van der Waals surface area (Å²) in [4.78, 5) is 0. The molecule has 2 rings (SSSR count). The Labute approximate surface area is 124 Å². The fourth-order valence-electron chi connectivity index (χ4n) is 3.30. The number of hydrogen-bond donors (Lipinski definition) is 0. The van der Waals surface area contributed by atoms with Gasteiger partial charge in [-0.25, -0.2) is 0 Å². The monoisotopic (exact) mass is 304 g/mol. The van der Waals surface area contributed by atoms with Crippen molar-refractivity contribution in [1.29, 1.82) is 0 Å². The van der Waals surface area contributed by atoms with Crippen LogP contribution < -0.4 is 0 Å². The Bertz CT molecular complexity index is 477. The Kier molecular flexibility index (Phi) is 4.16. The van der Waals surface area contributed by atoms with E-state index in [1.807, 2.05) is 27.7 Å². The van der Waals surface area contributed by atoms with Crippen molar-refractivity contribution < 1.29 is 8.78 Å². The van der Waals surface area contributed by atoms with Gasteiger partial charge in [0.15, 0.2) is 5.69 Å². The number of hydrogen-bond acceptors (Lipinski definition) is 1. The van der Waals surface area contributed by atoms with Gasteiger partial charge in [-0.3, -0.25) is 4.68 Å². The van der Waals surface area contributed by atoms with Gasteiger partial charge in [0.05, 0.1) is 6.04 Å². The minimum atomic E-state index is -3.41. The molecule has 1 heterocycles. The molecule has 0 atom stereocenters. The van der Waals surface area contributed by atoms with Gasteiger partial charge in [-0.1, -0.05) is 40.0 Å². The van der Waals surface area contributed by atoms with Crippen molar-refractivity contribution in [2.75, 3.05) is 0 Å². The molecular weight excluding hydrogens is 282 g/mol. The van der Waals surface area contributed by atoms with Crippen molar-refractivity contribution in [3.05, 3.63) is 17.0 Å². The maximum atomic E-state index is 13.7. The van der Waals surface area contributed by atoms with E-state index in [0.29, 0.717) is 5.56 Å². The zero-order chi connectivity index (χ0) is 15.1. The third-order valence-electron chi connectivity index (χ3n) is 4.09. The molecule has 1 saturated carbocycles. The first-order chi connectivity index (χ1) is 9.12. The normalized spacial score (nSPS) is 18.6. The van der Waals surface area contributed by atoms with Gasteiger partial charge in [-0.15, -0.1) is 0 Å². The summed E-state index contributed by atoms with van der Waals surface area (Å²) in [6.07, 6.45) is 5.53. The van der Waals surface area contributed by atoms with Gasteiger partial charge < -0.3 is 0 Å². The minimum absolute atomic E-state index is 0.234. The van der Waals surface area contributed by atoms with Crippen molar-refractivity contribution in [1.82, 2.24) is 9.78 Å². The molecule has 1 aliphatic rings. The predicted octanol–water partition coefficient (Wildman–Crippen LogP) is 5.28. The van der Waals surface area contributed by atoms with Crippen LogP contribution in [0.25, 0.3) is 0 Å². The van der Waals surface area contributed by atoms with E-state index in [1.165, 1.54) is 6.42 Å². The number of halogens is 3. The second-order valence-corrected chi connectivity index (χ2v) is 7.27. The van der Waals surface area contributed by atoms with Crippen molar-refractivity contribution in [2.45, 2.75) is 76.6 Å². The molecule has 114 valence electrons. The van der Waals surface area contributed by atoms with Crippen LogP contribution in [-0.4, -0.2) is 9.78 Å². The highest BCUT2D eigenvalue weighted by atomic mass is 35.5. The lowest BCUT2D eigenvalue weighted by atomic mass is 9.85. The van der Waals surface area contributed by atoms with Crippen LogP contribution in [0.4, 0.5) is 8.78 Å². The molecule has 0 unspecified atom stereocenters. The van der Waals surface area contributed by atoms with E-state index in [9.17, 15) is 8.78 Å². The summed E-state index contributed by atoms with van der Waals surface area (Å²) in [7, 11) is 0. The van der Waals surface area contributed by atoms with Gasteiger partial charge in [-0.05, 0) is 36.8 Å². The molecule has 0 saturated heterocycles. The second-order valence-electron chi connectivity index (χ2n) is 6.79. The Hall–Kier alpha value is -0.640. The van der Waals surface area contributed by atoms with E-state index in [-0.39, 0.29) is 11.7 Å². The van der Waals surface area contributed by atoms with Gasteiger partial charge in [-0.2, -0.15) is 13.9 Å². The molecule has 5 heteroatoms. The minimum Gasteiger partial charge on any atom is -0.266 e. The Morgan fingerprint density at radius 3 is 2.10 bits per heavy atom. The predicted molar refractivity (Wildman–Crippen MR) is 77.5 cm³/mol. The van der Waals surface area contributed by atoms with Gasteiger partial charge in [0.1, 0.15) is 0 Å². The zero-order valence-electron chi connectivity index (χ0n) is 12.6. The van der Waals surface area contributed by atoms with Crippen LogP contribution in [0.15, 0.2) is 0 Å². The Morgan fingerprint density at radius 1 is 1.15 bits per heavy atom. The van der Waals surface area contributed by atoms with E-state index < -0.39 is 10.8 Å². The van der Waals surface area contributed by atoms with E-state index in [2.05, 4.69) is 5.10 Å². The van der Waals surface area contributed by atoms with Crippen molar-refractivity contribution in [3.8, 4) is 0 Å². The van der Waals surface area contributed by atoms with Gasteiger partial charge in [0.2, 0.25) is 0 Å². The van der Waals surface area contributed by atoms with Crippen LogP contribution >= 0.6 is 11.6 Å². The molecule has 1 aromatic heterocycles. The Balaban J connectivity index is 2.52. The number of nitrogens with zero attached hydrogens (tertiary/aromatic N) is 2. The molecule has 20 heavy (non-hydrogen) atoms. The van der Waals surface area contributed by atoms with Crippen molar-refractivity contribution >= 4 is 11.6 Å². The summed E-state index contributed by atoms with van der Waals surface area (Å²) < 4.78 is 29.2. The number of aromatic nitrogens is 2. The zero-order valence-corrected chi connectivity index (χ0v) is 13.4. The molecule has 0 amide bonds. The molecule has 2 nitrogen and oxygen atoms in total. The molecule has 0 N–H and O–H groups in total. The van der Waals surface area contributed by atoms with Crippen molar-refractivity contribution in [3.63, 3.8) is 0 Å². The molecule has 0 aromatic carbocycles. The first kappa shape index (κ1) is 15.7.